The van der Waals surface area contributed by atoms with Gasteiger partial charge >= 0.3 is 0 Å². The smallest absolute Gasteiger partial charge is 0.144 e. The predicted molar refractivity (Wildman–Crippen MR) is 37.0 cm³/mol. The van der Waals surface area contributed by atoms with Gasteiger partial charge in [-0.25, -0.2) is 0 Å². The summed E-state index contributed by atoms with van der Waals surface area (Å²) in [6.45, 7) is 2.17. The van der Waals surface area contributed by atoms with E-state index in [2.05, 4.69) is 12.8 Å². The first kappa shape index (κ1) is 6.64. The summed E-state index contributed by atoms with van der Waals surface area (Å²) in [5.41, 5.74) is 0. The molecule has 2 atom stereocenters. The number of rotatable bonds is 3. The fraction of sp³-hybridized carbons (Fsp3) is 0.750. The second-order valence-corrected chi connectivity index (χ2v) is 2.40. The standard InChI is InChI=1S/C8H12O/c1-3-5-6-8-7(4-2)9-8/h2,7-8H,3,5-6H2,1H3/t7-,8-/m0/s1. The Labute approximate surface area is 56.4 Å². The average Bonchev–Trinajstić information content (AvgIpc) is 2.62. The van der Waals surface area contributed by atoms with Crippen LogP contribution >= 0.6 is 0 Å². The maximum absolute atomic E-state index is 5.13. The molecule has 0 unspecified atom stereocenters. The van der Waals surface area contributed by atoms with Gasteiger partial charge in [0.2, 0.25) is 0 Å². The zero-order chi connectivity index (χ0) is 6.69. The van der Waals surface area contributed by atoms with Crippen molar-refractivity contribution >= 4 is 0 Å². The Morgan fingerprint density at radius 1 is 1.67 bits per heavy atom. The molecule has 9 heavy (non-hydrogen) atoms. The van der Waals surface area contributed by atoms with Gasteiger partial charge in [-0.3, -0.25) is 0 Å². The van der Waals surface area contributed by atoms with Crippen molar-refractivity contribution in [1.29, 1.82) is 0 Å². The highest BCUT2D eigenvalue weighted by Gasteiger charge is 2.35. The van der Waals surface area contributed by atoms with Gasteiger partial charge < -0.3 is 4.74 Å². The van der Waals surface area contributed by atoms with Gasteiger partial charge in [0.05, 0.1) is 6.10 Å². The molecule has 1 saturated heterocycles. The van der Waals surface area contributed by atoms with E-state index in [1.807, 2.05) is 0 Å². The van der Waals surface area contributed by atoms with E-state index in [4.69, 9.17) is 11.2 Å². The van der Waals surface area contributed by atoms with Gasteiger partial charge in [-0.05, 0) is 6.42 Å². The second-order valence-electron chi connectivity index (χ2n) is 2.40. The van der Waals surface area contributed by atoms with Crippen LogP contribution in [-0.4, -0.2) is 12.2 Å². The zero-order valence-corrected chi connectivity index (χ0v) is 5.76. The lowest BCUT2D eigenvalue weighted by Crippen LogP contribution is -1.89. The molecule has 1 rings (SSSR count). The van der Waals surface area contributed by atoms with E-state index in [9.17, 15) is 0 Å². The molecule has 0 aliphatic carbocycles. The van der Waals surface area contributed by atoms with Crippen LogP contribution in [0.1, 0.15) is 26.2 Å². The summed E-state index contributed by atoms with van der Waals surface area (Å²) in [4.78, 5) is 0. The second kappa shape index (κ2) is 2.89. The van der Waals surface area contributed by atoms with Gasteiger partial charge in [-0.2, -0.15) is 0 Å². The fourth-order valence-corrected chi connectivity index (χ4v) is 0.914. The van der Waals surface area contributed by atoms with Crippen LogP contribution in [0.4, 0.5) is 0 Å². The lowest BCUT2D eigenvalue weighted by molar-refractivity contribution is 0.377. The Morgan fingerprint density at radius 3 is 2.89 bits per heavy atom. The third-order valence-electron chi connectivity index (χ3n) is 1.59. The quantitative estimate of drug-likeness (QED) is 0.411. The number of ether oxygens (including phenoxy) is 1. The molecule has 1 fully saturated rings. The molecule has 0 radical (unpaired) electrons. The van der Waals surface area contributed by atoms with E-state index in [0.29, 0.717) is 6.10 Å². The van der Waals surface area contributed by atoms with E-state index in [1.54, 1.807) is 0 Å². The molecule has 1 aliphatic heterocycles. The molecular weight excluding hydrogens is 112 g/mol. The number of hydrogen-bond donors (Lipinski definition) is 0. The van der Waals surface area contributed by atoms with Crippen LogP contribution in [0.25, 0.3) is 0 Å². The van der Waals surface area contributed by atoms with Crippen molar-refractivity contribution in [2.45, 2.75) is 38.4 Å². The molecule has 0 N–H and O–H groups in total. The largest absolute Gasteiger partial charge is 0.356 e. The Balaban J connectivity index is 2.00. The van der Waals surface area contributed by atoms with Gasteiger partial charge in [0.15, 0.2) is 0 Å². The molecule has 0 saturated carbocycles. The molecule has 0 aromatic carbocycles. The lowest BCUT2D eigenvalue weighted by Gasteiger charge is -1.87. The van der Waals surface area contributed by atoms with E-state index in [1.165, 1.54) is 12.8 Å². The van der Waals surface area contributed by atoms with Crippen LogP contribution in [0.15, 0.2) is 0 Å². The highest BCUT2D eigenvalue weighted by Crippen LogP contribution is 2.25. The minimum Gasteiger partial charge on any atom is -0.356 e. The number of hydrogen-bond acceptors (Lipinski definition) is 1. The number of terminal acetylenes is 1. The van der Waals surface area contributed by atoms with Crippen molar-refractivity contribution in [3.63, 3.8) is 0 Å². The van der Waals surface area contributed by atoms with E-state index in [-0.39, 0.29) is 6.10 Å². The van der Waals surface area contributed by atoms with Crippen LogP contribution in [0.3, 0.4) is 0 Å². The normalized spacial score (nSPS) is 31.6. The molecular formula is C8H12O. The van der Waals surface area contributed by atoms with Crippen molar-refractivity contribution in [1.82, 2.24) is 0 Å². The van der Waals surface area contributed by atoms with Crippen molar-refractivity contribution in [2.75, 3.05) is 0 Å². The highest BCUT2D eigenvalue weighted by molar-refractivity contribution is 5.07. The van der Waals surface area contributed by atoms with Crippen LogP contribution in [0, 0.1) is 12.3 Å². The SMILES string of the molecule is C#C[C@@H]1O[C@H]1CCCC. The highest BCUT2D eigenvalue weighted by atomic mass is 16.6. The van der Waals surface area contributed by atoms with Crippen LogP contribution < -0.4 is 0 Å². The molecule has 1 heteroatoms. The van der Waals surface area contributed by atoms with Crippen LogP contribution in [0.5, 0.6) is 0 Å². The first-order valence-electron chi connectivity index (χ1n) is 3.50. The Morgan fingerprint density at radius 2 is 2.44 bits per heavy atom. The fourth-order valence-electron chi connectivity index (χ4n) is 0.914. The summed E-state index contributed by atoms with van der Waals surface area (Å²) < 4.78 is 5.13. The van der Waals surface area contributed by atoms with Gasteiger partial charge in [-0.15, -0.1) is 6.42 Å². The van der Waals surface area contributed by atoms with Gasteiger partial charge in [0.1, 0.15) is 6.10 Å². The van der Waals surface area contributed by atoms with E-state index in [0.717, 1.165) is 6.42 Å². The Kier molecular flexibility index (Phi) is 2.13. The topological polar surface area (TPSA) is 12.5 Å². The molecule has 0 bridgehead atoms. The first-order chi connectivity index (χ1) is 4.38. The third-order valence-corrected chi connectivity index (χ3v) is 1.59. The van der Waals surface area contributed by atoms with Gasteiger partial charge in [-0.1, -0.05) is 25.7 Å². The van der Waals surface area contributed by atoms with Crippen molar-refractivity contribution in [3.05, 3.63) is 0 Å². The molecule has 1 heterocycles. The molecule has 1 aliphatic rings. The van der Waals surface area contributed by atoms with Crippen molar-refractivity contribution < 1.29 is 4.74 Å². The first-order valence-corrected chi connectivity index (χ1v) is 3.50. The third kappa shape index (κ3) is 1.73. The maximum atomic E-state index is 5.13. The summed E-state index contributed by atoms with van der Waals surface area (Å²) in [7, 11) is 0. The monoisotopic (exact) mass is 124 g/mol. The van der Waals surface area contributed by atoms with E-state index < -0.39 is 0 Å². The molecule has 50 valence electrons. The maximum Gasteiger partial charge on any atom is 0.144 e. The molecule has 0 amide bonds. The summed E-state index contributed by atoms with van der Waals surface area (Å²) >= 11 is 0. The summed E-state index contributed by atoms with van der Waals surface area (Å²) in [5.74, 6) is 2.58. The summed E-state index contributed by atoms with van der Waals surface area (Å²) in [5, 5.41) is 0. The van der Waals surface area contributed by atoms with Gasteiger partial charge in [0.25, 0.3) is 0 Å². The molecule has 0 spiro atoms. The van der Waals surface area contributed by atoms with Crippen molar-refractivity contribution in [2.24, 2.45) is 0 Å². The van der Waals surface area contributed by atoms with Crippen LogP contribution in [0.2, 0.25) is 0 Å². The summed E-state index contributed by atoms with van der Waals surface area (Å²) in [6, 6.07) is 0. The minimum atomic E-state index is 0.150. The molecule has 0 aromatic rings. The number of unbranched alkanes of at least 4 members (excludes halogenated alkanes) is 1. The summed E-state index contributed by atoms with van der Waals surface area (Å²) in [6.07, 6.45) is 9.29. The van der Waals surface area contributed by atoms with E-state index >= 15 is 0 Å². The molecule has 1 nitrogen and oxygen atoms in total. The Bertz CT molecular complexity index is 123. The van der Waals surface area contributed by atoms with Gasteiger partial charge in [0, 0.05) is 0 Å². The predicted octanol–water partition coefficient (Wildman–Crippen LogP) is 1.58. The molecule has 0 aromatic heterocycles. The minimum absolute atomic E-state index is 0.150. The van der Waals surface area contributed by atoms with Crippen molar-refractivity contribution in [3.8, 4) is 12.3 Å². The zero-order valence-electron chi connectivity index (χ0n) is 5.76. The van der Waals surface area contributed by atoms with Crippen LogP contribution in [-0.2, 0) is 4.74 Å². The Hall–Kier alpha value is -0.480. The lowest BCUT2D eigenvalue weighted by atomic mass is 10.2. The average molecular weight is 124 g/mol. The number of epoxide rings is 1.